The molecule has 0 fully saturated rings. The summed E-state index contributed by atoms with van der Waals surface area (Å²) in [5, 5.41) is 4.39. The Hall–Kier alpha value is -2.91. The second-order valence-corrected chi connectivity index (χ2v) is 9.02. The monoisotopic (exact) mass is 448 g/mol. The van der Waals surface area contributed by atoms with Crippen LogP contribution in [-0.4, -0.2) is 48.7 Å². The van der Waals surface area contributed by atoms with Gasteiger partial charge in [-0.15, -0.1) is 0 Å². The first-order valence-corrected chi connectivity index (χ1v) is 11.3. The smallest absolute Gasteiger partial charge is 0.246 e. The predicted octanol–water partition coefficient (Wildman–Crippen LogP) is 3.20. The summed E-state index contributed by atoms with van der Waals surface area (Å²) in [6.45, 7) is 1.56. The lowest BCUT2D eigenvalue weighted by atomic mass is 10.2. The number of para-hydroxylation sites is 1. The molecule has 158 valence electrons. The Balaban J connectivity index is 1.77. The van der Waals surface area contributed by atoms with E-state index in [0.717, 1.165) is 10.6 Å². The molecule has 1 amide bonds. The highest BCUT2D eigenvalue weighted by Gasteiger charge is 2.31. The molecule has 0 N–H and O–H groups in total. The number of anilines is 1. The van der Waals surface area contributed by atoms with Gasteiger partial charge >= 0.3 is 0 Å². The molecule has 0 bridgehead atoms. The largest absolute Gasteiger partial charge is 0.337 e. The van der Waals surface area contributed by atoms with Gasteiger partial charge in [-0.3, -0.25) is 9.10 Å². The molecule has 10 heteroatoms. The van der Waals surface area contributed by atoms with E-state index in [0.29, 0.717) is 22.1 Å². The molecular weight excluding hydrogens is 428 g/mol. The Labute approximate surface area is 180 Å². The quantitative estimate of drug-likeness (QED) is 0.550. The van der Waals surface area contributed by atoms with Gasteiger partial charge in [-0.2, -0.15) is 4.98 Å². The van der Waals surface area contributed by atoms with Crippen molar-refractivity contribution in [2.75, 3.05) is 17.6 Å². The van der Waals surface area contributed by atoms with Crippen molar-refractivity contribution in [1.82, 2.24) is 15.0 Å². The number of benzene rings is 2. The molecule has 1 atom stereocenters. The lowest BCUT2D eigenvalue weighted by molar-refractivity contribution is -0.131. The minimum absolute atomic E-state index is 0.0209. The van der Waals surface area contributed by atoms with E-state index in [2.05, 4.69) is 10.1 Å². The number of likely N-dealkylation sites (N-methyl/N-ethyl adjacent to an activating group) is 1. The summed E-state index contributed by atoms with van der Waals surface area (Å²) in [6, 6.07) is 14.6. The fourth-order valence-electron chi connectivity index (χ4n) is 3.05. The summed E-state index contributed by atoms with van der Waals surface area (Å²) in [7, 11) is -2.14. The Bertz CT molecular complexity index is 1130. The highest BCUT2D eigenvalue weighted by Crippen LogP contribution is 2.25. The third kappa shape index (κ3) is 4.80. The number of halogens is 1. The van der Waals surface area contributed by atoms with Crippen LogP contribution in [0.4, 0.5) is 5.69 Å². The van der Waals surface area contributed by atoms with Gasteiger partial charge in [0.1, 0.15) is 6.04 Å². The van der Waals surface area contributed by atoms with Crippen LogP contribution >= 0.6 is 11.6 Å². The number of carbonyl (C=O) groups is 1. The lowest BCUT2D eigenvalue weighted by Gasteiger charge is -2.30. The fourth-order valence-corrected chi connectivity index (χ4v) is 4.44. The van der Waals surface area contributed by atoms with Crippen LogP contribution in [-0.2, 0) is 21.4 Å². The van der Waals surface area contributed by atoms with E-state index in [-0.39, 0.29) is 12.4 Å². The van der Waals surface area contributed by atoms with Gasteiger partial charge in [0.05, 0.1) is 23.5 Å². The first-order chi connectivity index (χ1) is 14.2. The highest BCUT2D eigenvalue weighted by molar-refractivity contribution is 7.92. The molecule has 0 radical (unpaired) electrons. The fraction of sp³-hybridized carbons (Fsp3) is 0.250. The molecule has 0 saturated carbocycles. The summed E-state index contributed by atoms with van der Waals surface area (Å²) in [4.78, 5) is 18.6. The van der Waals surface area contributed by atoms with Crippen molar-refractivity contribution in [3.05, 3.63) is 65.5 Å². The van der Waals surface area contributed by atoms with Crippen LogP contribution in [0.3, 0.4) is 0 Å². The van der Waals surface area contributed by atoms with Crippen LogP contribution in [0.25, 0.3) is 11.4 Å². The summed E-state index contributed by atoms with van der Waals surface area (Å²) in [5.74, 6) is 0.104. The molecule has 0 aliphatic heterocycles. The lowest BCUT2D eigenvalue weighted by Crippen LogP contribution is -2.48. The van der Waals surface area contributed by atoms with Crippen LogP contribution in [0.15, 0.2) is 59.1 Å². The van der Waals surface area contributed by atoms with E-state index < -0.39 is 22.0 Å². The molecule has 8 nitrogen and oxygen atoms in total. The zero-order valence-corrected chi connectivity index (χ0v) is 18.3. The van der Waals surface area contributed by atoms with Crippen LogP contribution in [0, 0.1) is 0 Å². The van der Waals surface area contributed by atoms with Crippen molar-refractivity contribution in [1.29, 1.82) is 0 Å². The molecule has 0 unspecified atom stereocenters. The molecule has 0 spiro atoms. The van der Waals surface area contributed by atoms with Gasteiger partial charge in [0, 0.05) is 12.6 Å². The summed E-state index contributed by atoms with van der Waals surface area (Å²) < 4.78 is 31.0. The third-order valence-corrected chi connectivity index (χ3v) is 5.98. The van der Waals surface area contributed by atoms with E-state index in [1.807, 2.05) is 0 Å². The van der Waals surface area contributed by atoms with Crippen molar-refractivity contribution >= 4 is 33.2 Å². The second-order valence-electron chi connectivity index (χ2n) is 6.76. The number of rotatable bonds is 7. The molecule has 0 saturated heterocycles. The van der Waals surface area contributed by atoms with Crippen molar-refractivity contribution in [3.8, 4) is 11.4 Å². The molecule has 3 aromatic rings. The Morgan fingerprint density at radius 1 is 1.13 bits per heavy atom. The van der Waals surface area contributed by atoms with Crippen LogP contribution < -0.4 is 4.31 Å². The van der Waals surface area contributed by atoms with E-state index in [1.165, 1.54) is 11.8 Å². The molecule has 30 heavy (non-hydrogen) atoms. The van der Waals surface area contributed by atoms with Gasteiger partial charge in [0.2, 0.25) is 27.6 Å². The SMILES string of the molecule is C[C@@H](C(=O)N(C)Cc1nc(-c2ccccc2Cl)no1)N(c1ccccc1)S(C)(=O)=O. The van der Waals surface area contributed by atoms with Crippen molar-refractivity contribution < 1.29 is 17.7 Å². The van der Waals surface area contributed by atoms with Gasteiger partial charge in [0.15, 0.2) is 0 Å². The van der Waals surface area contributed by atoms with Gasteiger partial charge in [-0.25, -0.2) is 8.42 Å². The molecule has 0 aliphatic carbocycles. The van der Waals surface area contributed by atoms with Gasteiger partial charge in [-0.05, 0) is 31.2 Å². The van der Waals surface area contributed by atoms with E-state index in [1.54, 1.807) is 61.6 Å². The summed E-state index contributed by atoms with van der Waals surface area (Å²) >= 11 is 6.15. The van der Waals surface area contributed by atoms with Crippen LogP contribution in [0.5, 0.6) is 0 Å². The number of aromatic nitrogens is 2. The highest BCUT2D eigenvalue weighted by atomic mass is 35.5. The van der Waals surface area contributed by atoms with Gasteiger partial charge in [-0.1, -0.05) is 47.1 Å². The zero-order valence-electron chi connectivity index (χ0n) is 16.7. The van der Waals surface area contributed by atoms with Crippen LogP contribution in [0.1, 0.15) is 12.8 Å². The first kappa shape index (κ1) is 21.8. The van der Waals surface area contributed by atoms with Crippen molar-refractivity contribution in [2.24, 2.45) is 0 Å². The minimum atomic E-state index is -3.69. The molecule has 1 aromatic heterocycles. The number of hydrogen-bond acceptors (Lipinski definition) is 6. The second kappa shape index (κ2) is 8.85. The maximum Gasteiger partial charge on any atom is 0.246 e. The Morgan fingerprint density at radius 3 is 2.40 bits per heavy atom. The topological polar surface area (TPSA) is 96.6 Å². The van der Waals surface area contributed by atoms with E-state index >= 15 is 0 Å². The zero-order chi connectivity index (χ0) is 21.9. The molecule has 2 aromatic carbocycles. The maximum atomic E-state index is 12.9. The Morgan fingerprint density at radius 2 is 1.77 bits per heavy atom. The molecular formula is C20H21ClN4O4S. The summed E-state index contributed by atoms with van der Waals surface area (Å²) in [6.07, 6.45) is 1.07. The van der Waals surface area contributed by atoms with Crippen molar-refractivity contribution in [3.63, 3.8) is 0 Å². The number of nitrogens with zero attached hydrogens (tertiary/aromatic N) is 4. The van der Waals surface area contributed by atoms with Gasteiger partial charge < -0.3 is 9.42 Å². The molecule has 3 rings (SSSR count). The number of amides is 1. The van der Waals surface area contributed by atoms with Crippen LogP contribution in [0.2, 0.25) is 5.02 Å². The number of sulfonamides is 1. The Kier molecular flexibility index (Phi) is 6.42. The third-order valence-electron chi connectivity index (χ3n) is 4.41. The normalized spacial score (nSPS) is 12.4. The predicted molar refractivity (Wildman–Crippen MR) is 114 cm³/mol. The number of carbonyl (C=O) groups excluding carboxylic acids is 1. The molecule has 0 aliphatic rings. The average Bonchev–Trinajstić information content (AvgIpc) is 3.15. The van der Waals surface area contributed by atoms with E-state index in [9.17, 15) is 13.2 Å². The van der Waals surface area contributed by atoms with Crippen molar-refractivity contribution in [2.45, 2.75) is 19.5 Å². The minimum Gasteiger partial charge on any atom is -0.337 e. The standard InChI is InChI=1S/C20H21ClN4O4S/c1-14(25(30(3,27)28)15-9-5-4-6-10-15)20(26)24(2)13-18-22-19(23-29-18)16-11-7-8-12-17(16)21/h4-12,14H,13H2,1-3H3/t14-/m0/s1. The average molecular weight is 449 g/mol. The van der Waals surface area contributed by atoms with Gasteiger partial charge in [0.25, 0.3) is 0 Å². The summed E-state index contributed by atoms with van der Waals surface area (Å²) in [5.41, 5.74) is 1.02. The van der Waals surface area contributed by atoms with E-state index in [4.69, 9.17) is 16.1 Å². The number of hydrogen-bond donors (Lipinski definition) is 0. The first-order valence-electron chi connectivity index (χ1n) is 9.05. The maximum absolute atomic E-state index is 12.9. The molecule has 1 heterocycles.